The quantitative estimate of drug-likeness (QED) is 0.540. The third-order valence-corrected chi connectivity index (χ3v) is 2.89. The average Bonchev–Trinajstić information content (AvgIpc) is 2.79. The second-order valence-corrected chi connectivity index (χ2v) is 3.47. The number of nitrogens with one attached hydrogen (secondary N) is 2. The van der Waals surface area contributed by atoms with Gasteiger partial charge in [-0.1, -0.05) is 0 Å². The van der Waals surface area contributed by atoms with Crippen molar-refractivity contribution in [2.75, 3.05) is 14.1 Å². The van der Waals surface area contributed by atoms with E-state index in [2.05, 4.69) is 10.6 Å². The maximum Gasteiger partial charge on any atom is 0.0857 e. The third-order valence-electron chi connectivity index (χ3n) is 2.89. The van der Waals surface area contributed by atoms with E-state index in [1.165, 1.54) is 12.8 Å². The summed E-state index contributed by atoms with van der Waals surface area (Å²) in [5.74, 6) is 0. The van der Waals surface area contributed by atoms with Crippen molar-refractivity contribution in [2.24, 2.45) is 0 Å². The molecule has 0 bridgehead atoms. The second-order valence-electron chi connectivity index (χ2n) is 3.47. The van der Waals surface area contributed by atoms with E-state index in [0.29, 0.717) is 24.3 Å². The molecule has 1 saturated heterocycles. The van der Waals surface area contributed by atoms with Crippen LogP contribution in [0.25, 0.3) is 0 Å². The van der Waals surface area contributed by atoms with Crippen LogP contribution in [0.1, 0.15) is 12.8 Å². The summed E-state index contributed by atoms with van der Waals surface area (Å²) in [5.41, 5.74) is 0. The Kier molecular flexibility index (Phi) is 1.87. The summed E-state index contributed by atoms with van der Waals surface area (Å²) in [5, 5.41) is 6.64. The fourth-order valence-corrected chi connectivity index (χ4v) is 2.06. The summed E-state index contributed by atoms with van der Waals surface area (Å²) in [6, 6.07) is 1.20. The molecule has 3 heteroatoms. The van der Waals surface area contributed by atoms with Crippen molar-refractivity contribution >= 4 is 0 Å². The van der Waals surface area contributed by atoms with Crippen molar-refractivity contribution in [1.29, 1.82) is 0 Å². The van der Waals surface area contributed by atoms with Crippen LogP contribution in [0.5, 0.6) is 0 Å². The van der Waals surface area contributed by atoms with E-state index < -0.39 is 0 Å². The zero-order valence-corrected chi connectivity index (χ0v) is 7.13. The number of rotatable bonds is 2. The molecular weight excluding hydrogens is 140 g/mol. The zero-order valence-electron chi connectivity index (χ0n) is 7.13. The van der Waals surface area contributed by atoms with Crippen LogP contribution in [0.4, 0.5) is 0 Å². The highest BCUT2D eigenvalue weighted by Gasteiger charge is 2.47. The number of ether oxygens (including phenoxy) is 1. The fraction of sp³-hybridized carbons (Fsp3) is 1.00. The number of hydrogen-bond donors (Lipinski definition) is 2. The molecule has 0 aromatic heterocycles. The van der Waals surface area contributed by atoms with Crippen molar-refractivity contribution in [3.05, 3.63) is 0 Å². The van der Waals surface area contributed by atoms with Gasteiger partial charge >= 0.3 is 0 Å². The zero-order chi connectivity index (χ0) is 7.84. The van der Waals surface area contributed by atoms with Crippen molar-refractivity contribution in [2.45, 2.75) is 37.1 Å². The van der Waals surface area contributed by atoms with Crippen LogP contribution in [0, 0.1) is 0 Å². The lowest BCUT2D eigenvalue weighted by Gasteiger charge is -2.28. The van der Waals surface area contributed by atoms with Gasteiger partial charge in [0.1, 0.15) is 0 Å². The monoisotopic (exact) mass is 156 g/mol. The Bertz CT molecular complexity index is 135. The van der Waals surface area contributed by atoms with E-state index in [1.54, 1.807) is 0 Å². The predicted molar refractivity (Wildman–Crippen MR) is 43.6 cm³/mol. The highest BCUT2D eigenvalue weighted by Crippen LogP contribution is 2.36. The molecule has 64 valence electrons. The Balaban J connectivity index is 1.94. The van der Waals surface area contributed by atoms with Crippen molar-refractivity contribution in [1.82, 2.24) is 10.6 Å². The van der Waals surface area contributed by atoms with Gasteiger partial charge in [-0.05, 0) is 26.9 Å². The van der Waals surface area contributed by atoms with Gasteiger partial charge in [-0.2, -0.15) is 0 Å². The van der Waals surface area contributed by atoms with Gasteiger partial charge < -0.3 is 15.4 Å². The maximum absolute atomic E-state index is 5.46. The molecule has 1 saturated carbocycles. The van der Waals surface area contributed by atoms with Crippen molar-refractivity contribution in [3.63, 3.8) is 0 Å². The molecule has 3 nitrogen and oxygen atoms in total. The van der Waals surface area contributed by atoms with Gasteiger partial charge in [0.15, 0.2) is 0 Å². The molecule has 0 spiro atoms. The minimum atomic E-state index is 0.567. The summed E-state index contributed by atoms with van der Waals surface area (Å²) in [6.45, 7) is 0. The molecule has 2 fully saturated rings. The molecule has 4 unspecified atom stereocenters. The lowest BCUT2D eigenvalue weighted by Crippen LogP contribution is -2.49. The first-order chi connectivity index (χ1) is 5.35. The van der Waals surface area contributed by atoms with Crippen LogP contribution >= 0.6 is 0 Å². The van der Waals surface area contributed by atoms with Gasteiger partial charge in [0.05, 0.1) is 12.2 Å². The minimum absolute atomic E-state index is 0.567. The van der Waals surface area contributed by atoms with E-state index in [9.17, 15) is 0 Å². The molecule has 2 N–H and O–H groups in total. The highest BCUT2D eigenvalue weighted by molar-refractivity contribution is 5.01. The summed E-state index contributed by atoms with van der Waals surface area (Å²) in [7, 11) is 4.05. The van der Waals surface area contributed by atoms with Gasteiger partial charge in [-0.3, -0.25) is 0 Å². The molecule has 0 radical (unpaired) electrons. The number of hydrogen-bond acceptors (Lipinski definition) is 3. The van der Waals surface area contributed by atoms with Gasteiger partial charge in [0.25, 0.3) is 0 Å². The summed E-state index contributed by atoms with van der Waals surface area (Å²) >= 11 is 0. The second kappa shape index (κ2) is 2.73. The van der Waals surface area contributed by atoms with Crippen LogP contribution in [0.15, 0.2) is 0 Å². The molecule has 11 heavy (non-hydrogen) atoms. The first-order valence-electron chi connectivity index (χ1n) is 4.35. The first kappa shape index (κ1) is 7.53. The molecule has 0 aromatic rings. The van der Waals surface area contributed by atoms with Gasteiger partial charge in [0, 0.05) is 12.1 Å². The predicted octanol–water partition coefficient (Wildman–Crippen LogP) is -0.276. The SMILES string of the molecule is CNC1CC2OC2CC1NC. The van der Waals surface area contributed by atoms with Gasteiger partial charge in [-0.25, -0.2) is 0 Å². The average molecular weight is 156 g/mol. The van der Waals surface area contributed by atoms with E-state index in [0.717, 1.165) is 0 Å². The molecule has 2 rings (SSSR count). The van der Waals surface area contributed by atoms with Gasteiger partial charge in [-0.15, -0.1) is 0 Å². The lowest BCUT2D eigenvalue weighted by molar-refractivity contribution is 0.338. The topological polar surface area (TPSA) is 36.6 Å². The number of fused-ring (bicyclic) bond motifs is 1. The van der Waals surface area contributed by atoms with E-state index in [4.69, 9.17) is 4.74 Å². The van der Waals surface area contributed by atoms with Crippen LogP contribution in [-0.4, -0.2) is 38.4 Å². The minimum Gasteiger partial charge on any atom is -0.369 e. The van der Waals surface area contributed by atoms with Gasteiger partial charge in [0.2, 0.25) is 0 Å². The van der Waals surface area contributed by atoms with Crippen LogP contribution in [0.3, 0.4) is 0 Å². The third kappa shape index (κ3) is 1.28. The van der Waals surface area contributed by atoms with E-state index in [-0.39, 0.29) is 0 Å². The molecule has 4 atom stereocenters. The van der Waals surface area contributed by atoms with E-state index >= 15 is 0 Å². The number of epoxide rings is 1. The number of likely N-dealkylation sites (N-methyl/N-ethyl adjacent to an activating group) is 2. The molecule has 1 aliphatic heterocycles. The Morgan fingerprint density at radius 3 is 1.82 bits per heavy atom. The summed E-state index contributed by atoms with van der Waals surface area (Å²) in [6.07, 6.45) is 3.48. The lowest BCUT2D eigenvalue weighted by atomic mass is 9.91. The highest BCUT2D eigenvalue weighted by atomic mass is 16.6. The smallest absolute Gasteiger partial charge is 0.0857 e. The molecule has 1 heterocycles. The molecule has 0 amide bonds. The molecular formula is C8H16N2O. The van der Waals surface area contributed by atoms with Crippen LogP contribution < -0.4 is 10.6 Å². The van der Waals surface area contributed by atoms with Crippen molar-refractivity contribution < 1.29 is 4.74 Å². The Labute approximate surface area is 67.5 Å². The molecule has 0 aromatic carbocycles. The fourth-order valence-electron chi connectivity index (χ4n) is 2.06. The largest absolute Gasteiger partial charge is 0.369 e. The van der Waals surface area contributed by atoms with E-state index in [1.807, 2.05) is 14.1 Å². The Hall–Kier alpha value is -0.120. The summed E-state index contributed by atoms with van der Waals surface area (Å²) in [4.78, 5) is 0. The first-order valence-corrected chi connectivity index (χ1v) is 4.35. The standard InChI is InChI=1S/C8H16N2O/c1-9-5-3-7-8(11-7)4-6(5)10-2/h5-10H,3-4H2,1-2H3. The maximum atomic E-state index is 5.46. The van der Waals surface area contributed by atoms with Crippen LogP contribution in [-0.2, 0) is 4.74 Å². The Morgan fingerprint density at radius 2 is 1.45 bits per heavy atom. The van der Waals surface area contributed by atoms with Crippen LogP contribution in [0.2, 0.25) is 0 Å². The summed E-state index contributed by atoms with van der Waals surface area (Å²) < 4.78 is 5.46. The normalized spacial score (nSPS) is 48.5. The van der Waals surface area contributed by atoms with Crippen molar-refractivity contribution in [3.8, 4) is 0 Å². The molecule has 2 aliphatic rings. The Morgan fingerprint density at radius 1 is 1.00 bits per heavy atom. The molecule has 1 aliphatic carbocycles.